The summed E-state index contributed by atoms with van der Waals surface area (Å²) in [5.41, 5.74) is 2.45. The van der Waals surface area contributed by atoms with E-state index in [-0.39, 0.29) is 39.2 Å². The van der Waals surface area contributed by atoms with Crippen LogP contribution in [0.2, 0.25) is 0 Å². The predicted octanol–water partition coefficient (Wildman–Crippen LogP) is 6.11. The van der Waals surface area contributed by atoms with Gasteiger partial charge in [-0.05, 0) is 59.7 Å². The van der Waals surface area contributed by atoms with Crippen LogP contribution in [0.5, 0.6) is 0 Å². The highest BCUT2D eigenvalue weighted by Gasteiger charge is 2.28. The van der Waals surface area contributed by atoms with Crippen molar-refractivity contribution in [3.8, 4) is 22.3 Å². The Balaban J connectivity index is 1.80. The number of fused-ring (bicyclic) bond motifs is 8. The quantitative estimate of drug-likeness (QED) is 0.117. The van der Waals surface area contributed by atoms with Crippen LogP contribution in [-0.4, -0.2) is 58.4 Å². The van der Waals surface area contributed by atoms with Gasteiger partial charge in [-0.2, -0.15) is 16.8 Å². The van der Waals surface area contributed by atoms with Crippen LogP contribution in [0.3, 0.4) is 0 Å². The van der Waals surface area contributed by atoms with Crippen molar-refractivity contribution in [3.05, 3.63) is 107 Å². The first kappa shape index (κ1) is 30.8. The molecule has 0 saturated heterocycles. The second-order valence-electron chi connectivity index (χ2n) is 10.8. The first-order chi connectivity index (χ1) is 23.0. The third kappa shape index (κ3) is 5.38. The number of aromatic nitrogens is 4. The Morgan fingerprint density at radius 1 is 0.583 bits per heavy atom. The Morgan fingerprint density at radius 3 is 1.94 bits per heavy atom. The van der Waals surface area contributed by atoms with E-state index >= 15 is 0 Å². The van der Waals surface area contributed by atoms with Gasteiger partial charge in [0.05, 0.1) is 44.9 Å². The number of rotatable bonds is 6. The lowest BCUT2D eigenvalue weighted by Gasteiger charge is -2.08. The molecule has 0 amide bonds. The second-order valence-corrected chi connectivity index (χ2v) is 13.5. The van der Waals surface area contributed by atoms with Crippen LogP contribution in [0.1, 0.15) is 43.5 Å². The number of nitrogens with one attached hydrogen (secondary N) is 2. The molecule has 48 heavy (non-hydrogen) atoms. The van der Waals surface area contributed by atoms with Crippen molar-refractivity contribution in [1.29, 1.82) is 0 Å². The Hall–Kier alpha value is -5.80. The van der Waals surface area contributed by atoms with Crippen molar-refractivity contribution in [1.82, 2.24) is 19.9 Å². The van der Waals surface area contributed by atoms with Gasteiger partial charge in [0.2, 0.25) is 0 Å². The minimum Gasteiger partial charge on any atom is -0.354 e. The topological polar surface area (TPSA) is 200 Å². The van der Waals surface area contributed by atoms with E-state index in [4.69, 9.17) is 0 Å². The van der Waals surface area contributed by atoms with Gasteiger partial charge < -0.3 is 9.97 Å². The molecule has 0 saturated carbocycles. The predicted molar refractivity (Wildman–Crippen MR) is 180 cm³/mol. The van der Waals surface area contributed by atoms with E-state index in [1.807, 2.05) is 0 Å². The van der Waals surface area contributed by atoms with Gasteiger partial charge in [0, 0.05) is 22.2 Å². The van der Waals surface area contributed by atoms with Crippen molar-refractivity contribution in [2.24, 2.45) is 0 Å². The summed E-state index contributed by atoms with van der Waals surface area (Å²) in [6, 6.07) is 19.7. The maximum absolute atomic E-state index is 13.3. The number of carbonyl (C=O) groups is 2. The second kappa shape index (κ2) is 11.5. The van der Waals surface area contributed by atoms with E-state index in [1.54, 1.807) is 72.8 Å². The molecule has 2 aromatic carbocycles. The van der Waals surface area contributed by atoms with Crippen LogP contribution >= 0.6 is 0 Å². The zero-order valence-electron chi connectivity index (χ0n) is 24.4. The third-order valence-corrected chi connectivity index (χ3v) is 9.69. The number of hydrogen-bond donors (Lipinski definition) is 4. The Morgan fingerprint density at radius 2 is 1.25 bits per heavy atom. The number of aldehydes is 2. The summed E-state index contributed by atoms with van der Waals surface area (Å²) < 4.78 is 73.0. The maximum Gasteiger partial charge on any atom is 0.298 e. The molecule has 3 aromatic heterocycles. The Kier molecular flexibility index (Phi) is 7.37. The molecule has 0 fully saturated rings. The van der Waals surface area contributed by atoms with Gasteiger partial charge in [-0.3, -0.25) is 18.7 Å². The number of aromatic amines is 2. The molecule has 0 radical (unpaired) electrons. The molecule has 8 bridgehead atoms. The van der Waals surface area contributed by atoms with Gasteiger partial charge in [0.25, 0.3) is 20.2 Å². The van der Waals surface area contributed by atoms with Crippen LogP contribution in [0, 0.1) is 0 Å². The number of benzene rings is 2. The monoisotopic (exact) mass is 678 g/mol. The minimum absolute atomic E-state index is 0.0943. The summed E-state index contributed by atoms with van der Waals surface area (Å²) in [5.74, 6) is 0. The highest BCUT2D eigenvalue weighted by atomic mass is 32.2. The summed E-state index contributed by atoms with van der Waals surface area (Å²) in [4.78, 5) is 37.6. The maximum atomic E-state index is 13.3. The molecule has 5 aromatic rings. The zero-order valence-corrected chi connectivity index (χ0v) is 26.1. The van der Waals surface area contributed by atoms with Gasteiger partial charge in [0.15, 0.2) is 6.29 Å². The van der Waals surface area contributed by atoms with Crippen molar-refractivity contribution < 1.29 is 35.5 Å². The lowest BCUT2D eigenvalue weighted by molar-refractivity contribution is 0.111. The molecule has 4 N–H and O–H groups in total. The smallest absolute Gasteiger partial charge is 0.298 e. The van der Waals surface area contributed by atoms with Crippen LogP contribution in [-0.2, 0) is 20.2 Å². The normalized spacial score (nSPS) is 12.7. The molecule has 0 unspecified atom stereocenters. The standard InChI is InChI=1S/C34H22N4O8S2/c39-17-19-5-4-8-21(15-19)30-29-16-22-9-10-24(35-22)23(18-40)25-11-12-26(36-25)33(47(41,42)43)27-13-14-28(37-27)34(48(44,45)46)32(38-29)31(30)20-6-2-1-3-7-20/h1-18,36,38H,(H,41,42,43)(H,44,45,46). The van der Waals surface area contributed by atoms with Crippen LogP contribution in [0.25, 0.3) is 68.6 Å². The van der Waals surface area contributed by atoms with E-state index in [0.717, 1.165) is 0 Å². The highest BCUT2D eigenvalue weighted by Crippen LogP contribution is 2.42. The third-order valence-electron chi connectivity index (χ3n) is 7.82. The van der Waals surface area contributed by atoms with Gasteiger partial charge in [-0.25, -0.2) is 9.97 Å². The first-order valence-electron chi connectivity index (χ1n) is 14.2. The molecule has 2 aliphatic heterocycles. The molecule has 238 valence electrons. The fraction of sp³-hybridized carbons (Fsp3) is 0. The Labute approximate surface area is 272 Å². The number of H-pyrrole nitrogens is 2. The molecule has 14 heteroatoms. The fourth-order valence-corrected chi connectivity index (χ4v) is 7.44. The first-order valence-corrected chi connectivity index (χ1v) is 17.1. The number of hydrogen-bond acceptors (Lipinski definition) is 8. The van der Waals surface area contributed by atoms with E-state index in [1.165, 1.54) is 24.3 Å². The van der Waals surface area contributed by atoms with E-state index < -0.39 is 30.0 Å². The SMILES string of the molecule is O=Cc1cccc(-c2c(-c3ccccc3)c3[nH]c2cc2nc(c(C=O)c4ccc([nH]4)c(S(=O)(=O)O)c4nc(c3S(=O)(=O)O)C=C4)C=C2)c1. The average molecular weight is 679 g/mol. The number of carbonyl (C=O) groups excluding carboxylic acids is 2. The summed E-state index contributed by atoms with van der Waals surface area (Å²) in [7, 11) is -10.1. The largest absolute Gasteiger partial charge is 0.354 e. The minimum atomic E-state index is -5.11. The summed E-state index contributed by atoms with van der Waals surface area (Å²) in [6.45, 7) is 0. The molecule has 2 aliphatic rings. The highest BCUT2D eigenvalue weighted by molar-refractivity contribution is 7.86. The lowest BCUT2D eigenvalue weighted by atomic mass is 9.95. The zero-order chi connectivity index (χ0) is 33.8. The molecular weight excluding hydrogens is 657 g/mol. The molecule has 0 atom stereocenters. The molecular formula is C34H22N4O8S2. The van der Waals surface area contributed by atoms with Gasteiger partial charge in [-0.1, -0.05) is 48.5 Å². The number of nitrogens with zero attached hydrogens (tertiary/aromatic N) is 2. The summed E-state index contributed by atoms with van der Waals surface area (Å²) >= 11 is 0. The van der Waals surface area contributed by atoms with Crippen molar-refractivity contribution in [2.45, 2.75) is 9.79 Å². The molecule has 0 aliphatic carbocycles. The molecule has 5 heterocycles. The van der Waals surface area contributed by atoms with Crippen molar-refractivity contribution >= 4 is 79.2 Å². The molecule has 0 spiro atoms. The summed E-state index contributed by atoms with van der Waals surface area (Å²) in [6.07, 6.45) is 6.82. The van der Waals surface area contributed by atoms with Gasteiger partial charge in [0.1, 0.15) is 16.1 Å². The molecule has 12 nitrogen and oxygen atoms in total. The lowest BCUT2D eigenvalue weighted by Crippen LogP contribution is -2.04. The van der Waals surface area contributed by atoms with E-state index in [0.29, 0.717) is 51.6 Å². The van der Waals surface area contributed by atoms with Crippen LogP contribution in [0.15, 0.2) is 82.6 Å². The molecule has 7 rings (SSSR count). The van der Waals surface area contributed by atoms with Crippen LogP contribution in [0.4, 0.5) is 0 Å². The summed E-state index contributed by atoms with van der Waals surface area (Å²) in [5, 5.41) is 0. The van der Waals surface area contributed by atoms with E-state index in [9.17, 15) is 35.5 Å². The fourth-order valence-electron chi connectivity index (χ4n) is 5.87. The van der Waals surface area contributed by atoms with Crippen molar-refractivity contribution in [3.63, 3.8) is 0 Å². The van der Waals surface area contributed by atoms with E-state index in [2.05, 4.69) is 19.9 Å². The van der Waals surface area contributed by atoms with Gasteiger partial charge in [-0.15, -0.1) is 0 Å². The van der Waals surface area contributed by atoms with Gasteiger partial charge >= 0.3 is 0 Å². The Bertz CT molecular complexity index is 2660. The van der Waals surface area contributed by atoms with Crippen molar-refractivity contribution in [2.75, 3.05) is 0 Å². The average Bonchev–Trinajstić information content (AvgIpc) is 3.86. The van der Waals surface area contributed by atoms with Crippen LogP contribution < -0.4 is 0 Å².